The van der Waals surface area contributed by atoms with E-state index in [9.17, 15) is 0 Å². The average Bonchev–Trinajstić information content (AvgIpc) is 2.33. The quantitative estimate of drug-likeness (QED) is 0.788. The van der Waals surface area contributed by atoms with E-state index < -0.39 is 0 Å². The molecule has 0 aliphatic heterocycles. The number of hydrogen-bond acceptors (Lipinski definition) is 5. The molecule has 1 rings (SSSR count). The van der Waals surface area contributed by atoms with Crippen molar-refractivity contribution in [1.82, 2.24) is 9.97 Å². The van der Waals surface area contributed by atoms with Gasteiger partial charge < -0.3 is 10.2 Å². The smallest absolute Gasteiger partial charge is 0.224 e. The molecule has 0 saturated carbocycles. The standard InChI is InChI=1S/C11H17N5/c1-3-7-13-11-14-8-5-10(15-11)16(2)9-4-6-12/h5,8H,3-4,7,9H2,1-2H3,(H,13,14,15). The van der Waals surface area contributed by atoms with Gasteiger partial charge in [-0.1, -0.05) is 6.92 Å². The molecule has 5 nitrogen and oxygen atoms in total. The minimum absolute atomic E-state index is 0.498. The number of nitriles is 1. The van der Waals surface area contributed by atoms with Gasteiger partial charge in [0.25, 0.3) is 0 Å². The molecule has 1 heterocycles. The Bertz CT molecular complexity index is 358. The largest absolute Gasteiger partial charge is 0.358 e. The second kappa shape index (κ2) is 6.62. The lowest BCUT2D eigenvalue weighted by Gasteiger charge is -2.16. The topological polar surface area (TPSA) is 64.8 Å². The Labute approximate surface area is 96.1 Å². The average molecular weight is 219 g/mol. The highest BCUT2D eigenvalue weighted by Crippen LogP contribution is 2.10. The predicted molar refractivity (Wildman–Crippen MR) is 64.3 cm³/mol. The van der Waals surface area contributed by atoms with Crippen LogP contribution >= 0.6 is 0 Å². The van der Waals surface area contributed by atoms with Gasteiger partial charge in [-0.25, -0.2) is 4.98 Å². The van der Waals surface area contributed by atoms with Crippen molar-refractivity contribution in [2.75, 3.05) is 30.4 Å². The van der Waals surface area contributed by atoms with Crippen molar-refractivity contribution in [2.45, 2.75) is 19.8 Å². The minimum Gasteiger partial charge on any atom is -0.358 e. The van der Waals surface area contributed by atoms with Gasteiger partial charge in [-0.15, -0.1) is 0 Å². The van der Waals surface area contributed by atoms with E-state index in [2.05, 4.69) is 28.3 Å². The highest BCUT2D eigenvalue weighted by molar-refractivity contribution is 5.41. The van der Waals surface area contributed by atoms with E-state index in [0.717, 1.165) is 18.8 Å². The molecule has 0 aromatic carbocycles. The van der Waals surface area contributed by atoms with Gasteiger partial charge in [-0.3, -0.25) is 0 Å². The van der Waals surface area contributed by atoms with Gasteiger partial charge in [0.15, 0.2) is 0 Å². The number of anilines is 2. The third kappa shape index (κ3) is 3.73. The van der Waals surface area contributed by atoms with E-state index in [1.165, 1.54) is 0 Å². The Balaban J connectivity index is 2.62. The summed E-state index contributed by atoms with van der Waals surface area (Å²) in [7, 11) is 1.92. The summed E-state index contributed by atoms with van der Waals surface area (Å²) in [4.78, 5) is 10.4. The summed E-state index contributed by atoms with van der Waals surface area (Å²) in [6.45, 7) is 3.64. The molecule has 0 radical (unpaired) electrons. The zero-order valence-corrected chi connectivity index (χ0v) is 9.77. The normalized spacial score (nSPS) is 9.56. The van der Waals surface area contributed by atoms with E-state index in [0.29, 0.717) is 18.9 Å². The summed E-state index contributed by atoms with van der Waals surface area (Å²) in [6, 6.07) is 3.96. The molecule has 0 bridgehead atoms. The van der Waals surface area contributed by atoms with Gasteiger partial charge in [-0.05, 0) is 12.5 Å². The Hall–Kier alpha value is -1.83. The fourth-order valence-electron chi connectivity index (χ4n) is 1.22. The van der Waals surface area contributed by atoms with Crippen molar-refractivity contribution >= 4 is 11.8 Å². The monoisotopic (exact) mass is 219 g/mol. The summed E-state index contributed by atoms with van der Waals surface area (Å²) in [6.07, 6.45) is 3.26. The maximum Gasteiger partial charge on any atom is 0.224 e. The molecule has 0 aliphatic rings. The molecule has 0 spiro atoms. The van der Waals surface area contributed by atoms with Gasteiger partial charge in [0.1, 0.15) is 5.82 Å². The first-order valence-electron chi connectivity index (χ1n) is 5.43. The summed E-state index contributed by atoms with van der Waals surface area (Å²) in [5.41, 5.74) is 0. The molecule has 86 valence electrons. The second-order valence-corrected chi connectivity index (χ2v) is 3.49. The highest BCUT2D eigenvalue weighted by Gasteiger charge is 2.03. The van der Waals surface area contributed by atoms with E-state index in [1.54, 1.807) is 6.20 Å². The van der Waals surface area contributed by atoms with Crippen molar-refractivity contribution in [3.8, 4) is 6.07 Å². The molecule has 0 aliphatic carbocycles. The highest BCUT2D eigenvalue weighted by atomic mass is 15.2. The Morgan fingerprint density at radius 1 is 1.56 bits per heavy atom. The van der Waals surface area contributed by atoms with Crippen LogP contribution in [0, 0.1) is 11.3 Å². The SMILES string of the molecule is CCCNc1nccc(N(C)CCC#N)n1. The fraction of sp³-hybridized carbons (Fsp3) is 0.545. The number of hydrogen-bond donors (Lipinski definition) is 1. The van der Waals surface area contributed by atoms with Crippen LogP contribution in [0.15, 0.2) is 12.3 Å². The maximum absolute atomic E-state index is 8.51. The second-order valence-electron chi connectivity index (χ2n) is 3.49. The summed E-state index contributed by atoms with van der Waals surface area (Å²) < 4.78 is 0. The summed E-state index contributed by atoms with van der Waals surface area (Å²) in [5, 5.41) is 11.6. The van der Waals surface area contributed by atoms with Crippen LogP contribution in [0.4, 0.5) is 11.8 Å². The van der Waals surface area contributed by atoms with Crippen LogP contribution in [0.1, 0.15) is 19.8 Å². The Morgan fingerprint density at radius 2 is 2.38 bits per heavy atom. The molecule has 5 heteroatoms. The van der Waals surface area contributed by atoms with E-state index >= 15 is 0 Å². The van der Waals surface area contributed by atoms with Gasteiger partial charge in [0.2, 0.25) is 5.95 Å². The summed E-state index contributed by atoms with van der Waals surface area (Å²) in [5.74, 6) is 1.48. The molecule has 1 N–H and O–H groups in total. The van der Waals surface area contributed by atoms with Crippen molar-refractivity contribution in [1.29, 1.82) is 5.26 Å². The molecule has 1 aromatic heterocycles. The van der Waals surface area contributed by atoms with E-state index in [1.807, 2.05) is 18.0 Å². The Kier molecular flexibility index (Phi) is 5.06. The van der Waals surface area contributed by atoms with Crippen LogP contribution < -0.4 is 10.2 Å². The molecule has 16 heavy (non-hydrogen) atoms. The van der Waals surface area contributed by atoms with Crippen LogP contribution in [-0.2, 0) is 0 Å². The molecular weight excluding hydrogens is 202 g/mol. The molecule has 0 unspecified atom stereocenters. The first kappa shape index (κ1) is 12.2. The lowest BCUT2D eigenvalue weighted by Crippen LogP contribution is -2.20. The van der Waals surface area contributed by atoms with Crippen molar-refractivity contribution < 1.29 is 0 Å². The number of rotatable bonds is 6. The Morgan fingerprint density at radius 3 is 3.06 bits per heavy atom. The van der Waals surface area contributed by atoms with Crippen LogP contribution in [0.3, 0.4) is 0 Å². The van der Waals surface area contributed by atoms with Crippen molar-refractivity contribution in [3.63, 3.8) is 0 Å². The molecule has 0 atom stereocenters. The molecule has 0 amide bonds. The zero-order valence-electron chi connectivity index (χ0n) is 9.77. The van der Waals surface area contributed by atoms with Crippen molar-refractivity contribution in [2.24, 2.45) is 0 Å². The third-order valence-corrected chi connectivity index (χ3v) is 2.12. The molecule has 0 fully saturated rings. The van der Waals surface area contributed by atoms with E-state index in [-0.39, 0.29) is 0 Å². The van der Waals surface area contributed by atoms with Crippen LogP contribution in [0.5, 0.6) is 0 Å². The van der Waals surface area contributed by atoms with Gasteiger partial charge in [0, 0.05) is 26.3 Å². The van der Waals surface area contributed by atoms with Crippen LogP contribution in [-0.4, -0.2) is 30.1 Å². The maximum atomic E-state index is 8.51. The van der Waals surface area contributed by atoms with Crippen LogP contribution in [0.2, 0.25) is 0 Å². The number of nitrogens with zero attached hydrogens (tertiary/aromatic N) is 4. The van der Waals surface area contributed by atoms with E-state index in [4.69, 9.17) is 5.26 Å². The van der Waals surface area contributed by atoms with Crippen LogP contribution in [0.25, 0.3) is 0 Å². The predicted octanol–water partition coefficient (Wildman–Crippen LogP) is 1.65. The first-order valence-corrected chi connectivity index (χ1v) is 5.43. The van der Waals surface area contributed by atoms with Gasteiger partial charge in [0.05, 0.1) is 12.5 Å². The molecular formula is C11H17N5. The lowest BCUT2D eigenvalue weighted by molar-refractivity contribution is 0.875. The van der Waals surface area contributed by atoms with Gasteiger partial charge >= 0.3 is 0 Å². The summed E-state index contributed by atoms with van der Waals surface area (Å²) >= 11 is 0. The number of nitrogens with one attached hydrogen (secondary N) is 1. The zero-order chi connectivity index (χ0) is 11.8. The van der Waals surface area contributed by atoms with Gasteiger partial charge in [-0.2, -0.15) is 10.2 Å². The number of aromatic nitrogens is 2. The fourth-order valence-corrected chi connectivity index (χ4v) is 1.22. The lowest BCUT2D eigenvalue weighted by atomic mass is 10.4. The molecule has 1 aromatic rings. The first-order chi connectivity index (χ1) is 7.77. The third-order valence-electron chi connectivity index (χ3n) is 2.12. The molecule has 0 saturated heterocycles. The minimum atomic E-state index is 0.498. The van der Waals surface area contributed by atoms with Crippen molar-refractivity contribution in [3.05, 3.63) is 12.3 Å².